The molecular weight excluding hydrogens is 270 g/mol. The summed E-state index contributed by atoms with van der Waals surface area (Å²) < 4.78 is 29.2. The van der Waals surface area contributed by atoms with Gasteiger partial charge in [-0.05, 0) is 27.2 Å². The second-order valence-corrected chi connectivity index (χ2v) is 8.65. The molecule has 0 bridgehead atoms. The molecule has 2 saturated heterocycles. The molecule has 110 valence electrons. The van der Waals surface area contributed by atoms with Crippen LogP contribution in [0.3, 0.4) is 0 Å². The van der Waals surface area contributed by atoms with Crippen molar-refractivity contribution < 1.29 is 23.1 Å². The molecule has 2 aliphatic rings. The van der Waals surface area contributed by atoms with Gasteiger partial charge in [-0.15, -0.1) is 0 Å². The van der Waals surface area contributed by atoms with Crippen molar-refractivity contribution in [3.05, 3.63) is 0 Å². The van der Waals surface area contributed by atoms with Crippen molar-refractivity contribution in [1.29, 1.82) is 0 Å². The molecule has 1 amide bonds. The maximum Gasteiger partial charge on any atom is 0.410 e. The van der Waals surface area contributed by atoms with Crippen LogP contribution in [-0.2, 0) is 14.6 Å². The van der Waals surface area contributed by atoms with E-state index in [0.717, 1.165) is 0 Å². The predicted octanol–water partition coefficient (Wildman–Crippen LogP) is 0.401. The summed E-state index contributed by atoms with van der Waals surface area (Å²) in [6.45, 7) is 5.66. The Morgan fingerprint density at radius 1 is 1.32 bits per heavy atom. The number of sulfone groups is 1. The molecule has 1 N–H and O–H groups in total. The van der Waals surface area contributed by atoms with Crippen LogP contribution in [0.2, 0.25) is 0 Å². The first kappa shape index (κ1) is 14.6. The number of rotatable bonds is 0. The first-order valence-corrected chi connectivity index (χ1v) is 8.19. The van der Waals surface area contributed by atoms with Crippen LogP contribution in [0.5, 0.6) is 0 Å². The number of likely N-dealkylation sites (tertiary alicyclic amines) is 1. The molecule has 0 radical (unpaired) electrons. The molecule has 0 saturated carbocycles. The Balaban J connectivity index is 2.11. The Bertz CT molecular complexity index is 467. The SMILES string of the molecule is CC(C)(C)OC(=O)N1CC2C(O)CCS(=O)(=O)C2C1. The van der Waals surface area contributed by atoms with Crippen LogP contribution in [0.4, 0.5) is 4.79 Å². The van der Waals surface area contributed by atoms with Gasteiger partial charge < -0.3 is 14.7 Å². The summed E-state index contributed by atoms with van der Waals surface area (Å²) in [5.74, 6) is -0.386. The average molecular weight is 291 g/mol. The van der Waals surface area contributed by atoms with Gasteiger partial charge in [0.25, 0.3) is 0 Å². The zero-order valence-electron chi connectivity index (χ0n) is 11.5. The van der Waals surface area contributed by atoms with Crippen LogP contribution in [0, 0.1) is 5.92 Å². The number of hydrogen-bond donors (Lipinski definition) is 1. The minimum Gasteiger partial charge on any atom is -0.444 e. The third-order valence-electron chi connectivity index (χ3n) is 3.61. The van der Waals surface area contributed by atoms with Crippen molar-refractivity contribution in [2.45, 2.75) is 44.1 Å². The zero-order valence-corrected chi connectivity index (χ0v) is 12.3. The van der Waals surface area contributed by atoms with Crippen molar-refractivity contribution in [2.24, 2.45) is 5.92 Å². The van der Waals surface area contributed by atoms with Gasteiger partial charge in [-0.3, -0.25) is 0 Å². The average Bonchev–Trinajstić information content (AvgIpc) is 2.68. The molecule has 2 heterocycles. The van der Waals surface area contributed by atoms with Crippen LogP contribution >= 0.6 is 0 Å². The highest BCUT2D eigenvalue weighted by atomic mass is 32.2. The van der Waals surface area contributed by atoms with Crippen molar-refractivity contribution >= 4 is 15.9 Å². The summed E-state index contributed by atoms with van der Waals surface area (Å²) in [6, 6.07) is 0. The lowest BCUT2D eigenvalue weighted by molar-refractivity contribution is 0.0268. The molecule has 0 spiro atoms. The van der Waals surface area contributed by atoms with Crippen LogP contribution in [0.25, 0.3) is 0 Å². The zero-order chi connectivity index (χ0) is 14.4. The summed E-state index contributed by atoms with van der Waals surface area (Å²) in [5.41, 5.74) is -0.609. The standard InChI is InChI=1S/C12H21NO5S/c1-12(2,3)18-11(15)13-6-8-9(14)4-5-19(16,17)10(8)7-13/h8-10,14H,4-7H2,1-3H3. The van der Waals surface area contributed by atoms with E-state index in [4.69, 9.17) is 4.74 Å². The second kappa shape index (κ2) is 4.63. The molecule has 6 nitrogen and oxygen atoms in total. The van der Waals surface area contributed by atoms with Gasteiger partial charge in [-0.1, -0.05) is 0 Å². The number of hydrogen-bond acceptors (Lipinski definition) is 5. The van der Waals surface area contributed by atoms with Gasteiger partial charge in [-0.25, -0.2) is 13.2 Å². The molecule has 3 unspecified atom stereocenters. The predicted molar refractivity (Wildman–Crippen MR) is 69.5 cm³/mol. The van der Waals surface area contributed by atoms with E-state index < -0.39 is 32.9 Å². The molecule has 7 heteroatoms. The highest BCUT2D eigenvalue weighted by molar-refractivity contribution is 7.92. The number of ether oxygens (including phenoxy) is 1. The van der Waals surface area contributed by atoms with E-state index in [1.54, 1.807) is 20.8 Å². The Labute approximate surface area is 113 Å². The Hall–Kier alpha value is -0.820. The smallest absolute Gasteiger partial charge is 0.410 e. The quantitative estimate of drug-likeness (QED) is 0.698. The number of amides is 1. The molecule has 2 rings (SSSR count). The van der Waals surface area contributed by atoms with Gasteiger partial charge in [0.2, 0.25) is 0 Å². The van der Waals surface area contributed by atoms with Crippen molar-refractivity contribution in [3.63, 3.8) is 0 Å². The molecule has 2 fully saturated rings. The second-order valence-electron chi connectivity index (χ2n) is 6.31. The minimum atomic E-state index is -3.21. The molecule has 0 aromatic rings. The van der Waals surface area contributed by atoms with Gasteiger partial charge in [0.15, 0.2) is 9.84 Å². The van der Waals surface area contributed by atoms with Crippen molar-refractivity contribution in [1.82, 2.24) is 4.90 Å². The maximum atomic E-state index is 12.0. The van der Waals surface area contributed by atoms with Crippen molar-refractivity contribution in [2.75, 3.05) is 18.8 Å². The first-order chi connectivity index (χ1) is 8.60. The largest absolute Gasteiger partial charge is 0.444 e. The topological polar surface area (TPSA) is 83.9 Å². The summed E-state index contributed by atoms with van der Waals surface area (Å²) in [4.78, 5) is 13.3. The highest BCUT2D eigenvalue weighted by Crippen LogP contribution is 2.33. The van der Waals surface area contributed by atoms with E-state index in [9.17, 15) is 18.3 Å². The normalized spacial score (nSPS) is 33.9. The van der Waals surface area contributed by atoms with Crippen LogP contribution in [0.1, 0.15) is 27.2 Å². The fraction of sp³-hybridized carbons (Fsp3) is 0.917. The van der Waals surface area contributed by atoms with E-state index >= 15 is 0 Å². The van der Waals surface area contributed by atoms with E-state index in [-0.39, 0.29) is 31.2 Å². The number of carbonyl (C=O) groups excluding carboxylic acids is 1. The summed E-state index contributed by atoms with van der Waals surface area (Å²) in [7, 11) is -3.21. The Morgan fingerprint density at radius 2 is 1.95 bits per heavy atom. The third kappa shape index (κ3) is 3.02. The Morgan fingerprint density at radius 3 is 2.47 bits per heavy atom. The summed E-state index contributed by atoms with van der Waals surface area (Å²) in [5, 5.41) is 9.25. The molecule has 0 aliphatic carbocycles. The Kier molecular flexibility index (Phi) is 3.55. The molecule has 0 aromatic carbocycles. The minimum absolute atomic E-state index is 0.00249. The van der Waals surface area contributed by atoms with Gasteiger partial charge in [-0.2, -0.15) is 0 Å². The summed E-state index contributed by atoms with van der Waals surface area (Å²) >= 11 is 0. The fourth-order valence-electron chi connectivity index (χ4n) is 2.67. The van der Waals surface area contributed by atoms with Gasteiger partial charge in [0.05, 0.1) is 17.1 Å². The lowest BCUT2D eigenvalue weighted by Gasteiger charge is -2.28. The third-order valence-corrected chi connectivity index (χ3v) is 5.84. The van der Waals surface area contributed by atoms with E-state index in [0.29, 0.717) is 0 Å². The van der Waals surface area contributed by atoms with Gasteiger partial charge in [0, 0.05) is 19.0 Å². The molecule has 0 aromatic heterocycles. The number of nitrogens with zero attached hydrogens (tertiary/aromatic N) is 1. The fourth-order valence-corrected chi connectivity index (χ4v) is 4.75. The first-order valence-electron chi connectivity index (χ1n) is 6.48. The van der Waals surface area contributed by atoms with E-state index in [1.807, 2.05) is 0 Å². The molecular formula is C12H21NO5S. The monoisotopic (exact) mass is 291 g/mol. The van der Waals surface area contributed by atoms with Crippen LogP contribution in [0.15, 0.2) is 0 Å². The van der Waals surface area contributed by atoms with Gasteiger partial charge in [0.1, 0.15) is 5.60 Å². The highest BCUT2D eigenvalue weighted by Gasteiger charge is 2.49. The van der Waals surface area contributed by atoms with Crippen LogP contribution in [-0.4, -0.2) is 60.3 Å². The lowest BCUT2D eigenvalue weighted by atomic mass is 9.99. The van der Waals surface area contributed by atoms with Crippen molar-refractivity contribution in [3.8, 4) is 0 Å². The maximum absolute atomic E-state index is 12.0. The number of carbonyl (C=O) groups is 1. The molecule has 2 aliphatic heterocycles. The number of aliphatic hydroxyl groups excluding tert-OH is 1. The number of fused-ring (bicyclic) bond motifs is 1. The molecule has 3 atom stereocenters. The molecule has 19 heavy (non-hydrogen) atoms. The summed E-state index contributed by atoms with van der Waals surface area (Å²) in [6.07, 6.45) is -0.906. The van der Waals surface area contributed by atoms with E-state index in [1.165, 1.54) is 4.90 Å². The van der Waals surface area contributed by atoms with Crippen LogP contribution < -0.4 is 0 Å². The van der Waals surface area contributed by atoms with Gasteiger partial charge >= 0.3 is 6.09 Å². The number of aliphatic hydroxyl groups is 1. The van der Waals surface area contributed by atoms with E-state index in [2.05, 4.69) is 0 Å². The lowest BCUT2D eigenvalue weighted by Crippen LogP contribution is -2.43.